The third kappa shape index (κ3) is 1.20. The normalized spacial score (nSPS) is 10.4. The zero-order valence-electron chi connectivity index (χ0n) is 9.07. The molecule has 3 nitrogen and oxygen atoms in total. The summed E-state index contributed by atoms with van der Waals surface area (Å²) in [5.74, 6) is -0.820. The molecule has 0 fully saturated rings. The van der Waals surface area contributed by atoms with E-state index in [4.69, 9.17) is 16.3 Å². The summed E-state index contributed by atoms with van der Waals surface area (Å²) in [6.45, 7) is 7.03. The van der Waals surface area contributed by atoms with Crippen LogP contribution in [0.1, 0.15) is 5.56 Å². The van der Waals surface area contributed by atoms with E-state index in [1.807, 2.05) is 12.1 Å². The molecule has 1 aromatic heterocycles. The average Bonchev–Trinajstić information content (AvgIpc) is 2.76. The molecule has 4 heteroatoms. The molecule has 0 spiro atoms. The summed E-state index contributed by atoms with van der Waals surface area (Å²) in [7, 11) is 0. The maximum Gasteiger partial charge on any atom is 0.265 e. The van der Waals surface area contributed by atoms with Crippen molar-refractivity contribution < 1.29 is 8.81 Å². The van der Waals surface area contributed by atoms with Gasteiger partial charge in [-0.1, -0.05) is 18.2 Å². The van der Waals surface area contributed by atoms with Crippen LogP contribution in [0.15, 0.2) is 34.7 Å². The molecular formula is C14H5FN2O. The van der Waals surface area contributed by atoms with Gasteiger partial charge in [0, 0.05) is 10.8 Å². The average molecular weight is 236 g/mol. The van der Waals surface area contributed by atoms with Gasteiger partial charge in [0.05, 0.1) is 12.1 Å². The summed E-state index contributed by atoms with van der Waals surface area (Å²) in [4.78, 5) is 3.13. The fourth-order valence-corrected chi connectivity index (χ4v) is 2.00. The predicted molar refractivity (Wildman–Crippen MR) is 64.7 cm³/mol. The van der Waals surface area contributed by atoms with Gasteiger partial charge in [0.1, 0.15) is 17.2 Å². The molecule has 0 aliphatic heterocycles. The molecule has 0 radical (unpaired) electrons. The number of halogens is 1. The van der Waals surface area contributed by atoms with Crippen molar-refractivity contribution in [2.75, 3.05) is 0 Å². The van der Waals surface area contributed by atoms with E-state index in [1.54, 1.807) is 18.2 Å². The van der Waals surface area contributed by atoms with Crippen LogP contribution >= 0.6 is 0 Å². The first kappa shape index (κ1) is 10.3. The number of fused-ring (bicyclic) bond motifs is 3. The van der Waals surface area contributed by atoms with E-state index in [-0.39, 0.29) is 16.8 Å². The first-order valence-corrected chi connectivity index (χ1v) is 5.17. The lowest BCUT2D eigenvalue weighted by molar-refractivity contribution is 0.622. The van der Waals surface area contributed by atoms with Crippen molar-refractivity contribution in [1.82, 2.24) is 0 Å². The highest BCUT2D eigenvalue weighted by atomic mass is 19.1. The lowest BCUT2D eigenvalue weighted by Crippen LogP contribution is -1.83. The smallest absolute Gasteiger partial charge is 0.265 e. The lowest BCUT2D eigenvalue weighted by Gasteiger charge is -1.97. The Morgan fingerprint density at radius 3 is 2.78 bits per heavy atom. The van der Waals surface area contributed by atoms with Crippen molar-refractivity contribution in [3.05, 3.63) is 53.1 Å². The van der Waals surface area contributed by atoms with Crippen LogP contribution < -0.4 is 0 Å². The van der Waals surface area contributed by atoms with Gasteiger partial charge in [-0.05, 0) is 12.1 Å². The van der Waals surface area contributed by atoms with Crippen molar-refractivity contribution in [2.45, 2.75) is 0 Å². The second kappa shape index (κ2) is 3.58. The van der Waals surface area contributed by atoms with Gasteiger partial charge >= 0.3 is 0 Å². The minimum atomic E-state index is -0.820. The van der Waals surface area contributed by atoms with E-state index in [1.165, 1.54) is 6.07 Å². The molecule has 0 N–H and O–H groups in total. The second-order valence-corrected chi connectivity index (χ2v) is 3.79. The first-order chi connectivity index (χ1) is 8.76. The summed E-state index contributed by atoms with van der Waals surface area (Å²) in [6, 6.07) is 10.4. The van der Waals surface area contributed by atoms with E-state index in [9.17, 15) is 4.39 Å². The number of para-hydroxylation sites is 1. The molecule has 2 aromatic carbocycles. The van der Waals surface area contributed by atoms with Crippen LogP contribution in [0, 0.1) is 23.7 Å². The van der Waals surface area contributed by atoms with Crippen molar-refractivity contribution in [2.24, 2.45) is 0 Å². The zero-order chi connectivity index (χ0) is 12.7. The van der Waals surface area contributed by atoms with Crippen molar-refractivity contribution in [1.29, 1.82) is 5.26 Å². The number of nitrogens with zero attached hydrogens (tertiary/aromatic N) is 2. The van der Waals surface area contributed by atoms with Crippen molar-refractivity contribution in [3.63, 3.8) is 0 Å². The van der Waals surface area contributed by atoms with Crippen LogP contribution in [0.5, 0.6) is 0 Å². The monoisotopic (exact) mass is 236 g/mol. The number of benzene rings is 2. The van der Waals surface area contributed by atoms with Gasteiger partial charge < -0.3 is 4.42 Å². The Morgan fingerprint density at radius 1 is 1.28 bits per heavy atom. The van der Waals surface area contributed by atoms with E-state index in [0.717, 1.165) is 5.39 Å². The summed E-state index contributed by atoms with van der Waals surface area (Å²) in [6.07, 6.45) is 0. The van der Waals surface area contributed by atoms with E-state index in [2.05, 4.69) is 4.85 Å². The fourth-order valence-electron chi connectivity index (χ4n) is 2.00. The molecule has 0 amide bonds. The second-order valence-electron chi connectivity index (χ2n) is 3.79. The molecule has 0 unspecified atom stereocenters. The van der Waals surface area contributed by atoms with Crippen LogP contribution in [-0.2, 0) is 0 Å². The molecule has 0 aliphatic carbocycles. The van der Waals surface area contributed by atoms with Crippen LogP contribution in [-0.4, -0.2) is 0 Å². The standard InChI is InChI=1S/C14H5FN2O/c1-17-13-12(15)8(7-16)6-10-9-4-2-3-5-11(9)18-14(10)13/h2-6H. The highest BCUT2D eigenvalue weighted by Gasteiger charge is 2.18. The molecule has 84 valence electrons. The molecule has 0 atom stereocenters. The summed E-state index contributed by atoms with van der Waals surface area (Å²) in [5.41, 5.74) is 0.398. The summed E-state index contributed by atoms with van der Waals surface area (Å²) >= 11 is 0. The van der Waals surface area contributed by atoms with Crippen LogP contribution in [0.2, 0.25) is 0 Å². The maximum absolute atomic E-state index is 13.8. The maximum atomic E-state index is 13.8. The minimum absolute atomic E-state index is 0.139. The molecule has 18 heavy (non-hydrogen) atoms. The van der Waals surface area contributed by atoms with Gasteiger partial charge in [-0.2, -0.15) is 5.26 Å². The number of hydrogen-bond acceptors (Lipinski definition) is 2. The molecule has 0 bridgehead atoms. The summed E-state index contributed by atoms with van der Waals surface area (Å²) in [5, 5.41) is 10.2. The predicted octanol–water partition coefficient (Wildman–Crippen LogP) is 4.15. The quantitative estimate of drug-likeness (QED) is 0.550. The highest BCUT2D eigenvalue weighted by molar-refractivity contribution is 6.09. The number of hydrogen-bond donors (Lipinski definition) is 0. The first-order valence-electron chi connectivity index (χ1n) is 5.17. The molecule has 0 saturated heterocycles. The van der Waals surface area contributed by atoms with Crippen molar-refractivity contribution >= 4 is 27.6 Å². The van der Waals surface area contributed by atoms with Gasteiger partial charge in [0.2, 0.25) is 0 Å². The summed E-state index contributed by atoms with van der Waals surface area (Å²) < 4.78 is 19.3. The molecule has 0 aliphatic rings. The van der Waals surface area contributed by atoms with Gasteiger partial charge in [-0.25, -0.2) is 9.24 Å². The van der Waals surface area contributed by atoms with E-state index >= 15 is 0 Å². The molecule has 3 aromatic rings. The fraction of sp³-hybridized carbons (Fsp3) is 0. The topological polar surface area (TPSA) is 41.3 Å². The van der Waals surface area contributed by atoms with Gasteiger partial charge in [-0.15, -0.1) is 0 Å². The van der Waals surface area contributed by atoms with E-state index in [0.29, 0.717) is 11.0 Å². The Labute approximate surface area is 101 Å². The lowest BCUT2D eigenvalue weighted by atomic mass is 10.1. The van der Waals surface area contributed by atoms with Gasteiger partial charge in [0.15, 0.2) is 5.82 Å². The minimum Gasteiger partial charge on any atom is -0.467 e. The Balaban J connectivity index is 2.62. The largest absolute Gasteiger partial charge is 0.467 e. The SMILES string of the molecule is [C-]#[N+]c1c(F)c(C#N)cc2c1oc1ccccc12. The zero-order valence-corrected chi connectivity index (χ0v) is 9.07. The molecular weight excluding hydrogens is 231 g/mol. The molecule has 0 saturated carbocycles. The van der Waals surface area contributed by atoms with Crippen molar-refractivity contribution in [3.8, 4) is 6.07 Å². The third-order valence-electron chi connectivity index (χ3n) is 2.81. The number of rotatable bonds is 0. The van der Waals surface area contributed by atoms with Gasteiger partial charge in [0.25, 0.3) is 5.69 Å². The number of nitriles is 1. The Hall–Kier alpha value is -2.85. The Morgan fingerprint density at radius 2 is 2.06 bits per heavy atom. The Kier molecular flexibility index (Phi) is 2.05. The molecule has 3 rings (SSSR count). The van der Waals surface area contributed by atoms with Crippen LogP contribution in [0.4, 0.5) is 10.1 Å². The number of furan rings is 1. The molecule has 1 heterocycles. The van der Waals surface area contributed by atoms with Crippen LogP contribution in [0.25, 0.3) is 26.8 Å². The Bertz CT molecular complexity index is 865. The van der Waals surface area contributed by atoms with Gasteiger partial charge in [-0.3, -0.25) is 0 Å². The highest BCUT2D eigenvalue weighted by Crippen LogP contribution is 2.37. The third-order valence-corrected chi connectivity index (χ3v) is 2.81. The van der Waals surface area contributed by atoms with E-state index < -0.39 is 5.82 Å². The van der Waals surface area contributed by atoms with Crippen LogP contribution in [0.3, 0.4) is 0 Å².